The zero-order valence-electron chi connectivity index (χ0n) is 19.3. The number of amides is 1. The molecule has 2 aliphatic heterocycles. The molecule has 9 heteroatoms. The van der Waals surface area contributed by atoms with Crippen LogP contribution in [0, 0.1) is 0 Å². The van der Waals surface area contributed by atoms with Gasteiger partial charge in [-0.2, -0.15) is 0 Å². The van der Waals surface area contributed by atoms with Gasteiger partial charge in [-0.1, -0.05) is 0 Å². The van der Waals surface area contributed by atoms with Gasteiger partial charge in [-0.3, -0.25) is 4.90 Å². The fourth-order valence-electron chi connectivity index (χ4n) is 4.53. The van der Waals surface area contributed by atoms with E-state index in [4.69, 9.17) is 18.9 Å². The van der Waals surface area contributed by atoms with Gasteiger partial charge < -0.3 is 23.8 Å². The normalized spacial score (nSPS) is 26.8. The maximum atomic E-state index is 12.4. The summed E-state index contributed by atoms with van der Waals surface area (Å²) in [6, 6.07) is 0. The van der Waals surface area contributed by atoms with E-state index in [0.29, 0.717) is 12.4 Å². The molecule has 2 saturated heterocycles. The van der Waals surface area contributed by atoms with Crippen LogP contribution in [0.15, 0.2) is 12.4 Å². The standard InChI is InChI=1S/C23H36N4O5/c1-17(2)30-23(28)27-10-4-3-5-22(27)32-19-8-6-18(7-9-19)31-21-16-24-20(15-25-21)26-11-13-29-14-12-26/h15-19,22H,3-14H2,1-2H3. The molecule has 4 rings (SSSR count). The highest BCUT2D eigenvalue weighted by Gasteiger charge is 2.33. The predicted octanol–water partition coefficient (Wildman–Crippen LogP) is 3.38. The fourth-order valence-corrected chi connectivity index (χ4v) is 4.53. The molecular formula is C23H36N4O5. The minimum atomic E-state index is -0.263. The van der Waals surface area contributed by atoms with Crippen molar-refractivity contribution in [2.45, 2.75) is 83.3 Å². The first-order valence-corrected chi connectivity index (χ1v) is 12.0. The lowest BCUT2D eigenvalue weighted by Crippen LogP contribution is -2.48. The van der Waals surface area contributed by atoms with Crippen molar-refractivity contribution in [1.82, 2.24) is 14.9 Å². The third-order valence-electron chi connectivity index (χ3n) is 6.23. The van der Waals surface area contributed by atoms with Crippen molar-refractivity contribution in [3.05, 3.63) is 12.4 Å². The predicted molar refractivity (Wildman–Crippen MR) is 119 cm³/mol. The molecule has 9 nitrogen and oxygen atoms in total. The number of rotatable bonds is 6. The van der Waals surface area contributed by atoms with E-state index in [2.05, 4.69) is 14.9 Å². The summed E-state index contributed by atoms with van der Waals surface area (Å²) in [6.07, 6.45) is 9.76. The molecule has 0 spiro atoms. The van der Waals surface area contributed by atoms with Crippen LogP contribution in [0.2, 0.25) is 0 Å². The Morgan fingerprint density at radius 2 is 1.75 bits per heavy atom. The zero-order valence-corrected chi connectivity index (χ0v) is 19.3. The Labute approximate surface area is 190 Å². The van der Waals surface area contributed by atoms with Crippen molar-refractivity contribution in [3.8, 4) is 5.88 Å². The summed E-state index contributed by atoms with van der Waals surface area (Å²) in [6.45, 7) is 7.58. The number of ether oxygens (including phenoxy) is 4. The number of nitrogens with zero attached hydrogens (tertiary/aromatic N) is 4. The molecular weight excluding hydrogens is 412 g/mol. The second kappa shape index (κ2) is 11.1. The van der Waals surface area contributed by atoms with Crippen molar-refractivity contribution in [3.63, 3.8) is 0 Å². The van der Waals surface area contributed by atoms with Crippen LogP contribution in [0.1, 0.15) is 58.8 Å². The summed E-state index contributed by atoms with van der Waals surface area (Å²) in [5.41, 5.74) is 0. The molecule has 3 heterocycles. The molecule has 0 N–H and O–H groups in total. The van der Waals surface area contributed by atoms with E-state index in [-0.39, 0.29) is 30.6 Å². The monoisotopic (exact) mass is 448 g/mol. The van der Waals surface area contributed by atoms with Gasteiger partial charge in [-0.05, 0) is 58.8 Å². The van der Waals surface area contributed by atoms with Crippen LogP contribution in [-0.2, 0) is 14.2 Å². The minimum Gasteiger partial charge on any atom is -0.473 e. The summed E-state index contributed by atoms with van der Waals surface area (Å²) in [7, 11) is 0. The summed E-state index contributed by atoms with van der Waals surface area (Å²) in [5.74, 6) is 1.44. The number of aromatic nitrogens is 2. The van der Waals surface area contributed by atoms with Crippen LogP contribution in [0.5, 0.6) is 5.88 Å². The molecule has 1 aliphatic carbocycles. The highest BCUT2D eigenvalue weighted by atomic mass is 16.6. The summed E-state index contributed by atoms with van der Waals surface area (Å²) < 4.78 is 23.2. The van der Waals surface area contributed by atoms with Crippen molar-refractivity contribution in [2.24, 2.45) is 0 Å². The second-order valence-corrected chi connectivity index (χ2v) is 9.04. The fraction of sp³-hybridized carbons (Fsp3) is 0.783. The first-order valence-electron chi connectivity index (χ1n) is 12.0. The molecule has 0 bridgehead atoms. The SMILES string of the molecule is CC(C)OC(=O)N1CCCCC1OC1CCC(Oc2cnc(N3CCOCC3)cn2)CC1. The Morgan fingerprint density at radius 3 is 2.44 bits per heavy atom. The highest BCUT2D eigenvalue weighted by Crippen LogP contribution is 2.29. The minimum absolute atomic E-state index is 0.117. The Kier molecular flexibility index (Phi) is 8.02. The van der Waals surface area contributed by atoms with Crippen LogP contribution in [0.4, 0.5) is 10.6 Å². The summed E-state index contributed by atoms with van der Waals surface area (Å²) in [4.78, 5) is 25.3. The van der Waals surface area contributed by atoms with E-state index in [1.807, 2.05) is 13.8 Å². The van der Waals surface area contributed by atoms with Gasteiger partial charge in [0.15, 0.2) is 0 Å². The number of anilines is 1. The molecule has 1 amide bonds. The van der Waals surface area contributed by atoms with E-state index >= 15 is 0 Å². The number of carbonyl (C=O) groups excluding carboxylic acids is 1. The number of likely N-dealkylation sites (tertiary alicyclic amines) is 1. The average Bonchev–Trinajstić information content (AvgIpc) is 2.81. The Balaban J connectivity index is 1.23. The van der Waals surface area contributed by atoms with Gasteiger partial charge in [-0.25, -0.2) is 14.8 Å². The molecule has 0 radical (unpaired) electrons. The molecule has 1 aromatic rings. The molecule has 3 fully saturated rings. The molecule has 32 heavy (non-hydrogen) atoms. The smallest absolute Gasteiger partial charge is 0.412 e. The van der Waals surface area contributed by atoms with Crippen LogP contribution in [-0.4, -0.2) is 78.3 Å². The number of hydrogen-bond acceptors (Lipinski definition) is 8. The lowest BCUT2D eigenvalue weighted by atomic mass is 9.94. The first kappa shape index (κ1) is 23.0. The van der Waals surface area contributed by atoms with Crippen LogP contribution < -0.4 is 9.64 Å². The third kappa shape index (κ3) is 6.22. The van der Waals surface area contributed by atoms with E-state index < -0.39 is 0 Å². The number of carbonyl (C=O) groups is 1. The van der Waals surface area contributed by atoms with Gasteiger partial charge in [0, 0.05) is 19.6 Å². The summed E-state index contributed by atoms with van der Waals surface area (Å²) >= 11 is 0. The van der Waals surface area contributed by atoms with Crippen molar-refractivity contribution in [2.75, 3.05) is 37.7 Å². The van der Waals surface area contributed by atoms with Gasteiger partial charge in [0.25, 0.3) is 0 Å². The lowest BCUT2D eigenvalue weighted by Gasteiger charge is -2.38. The molecule has 1 aromatic heterocycles. The Hall–Kier alpha value is -2.13. The van der Waals surface area contributed by atoms with Crippen LogP contribution >= 0.6 is 0 Å². The van der Waals surface area contributed by atoms with Gasteiger partial charge >= 0.3 is 6.09 Å². The van der Waals surface area contributed by atoms with Gasteiger partial charge in [0.05, 0.1) is 37.8 Å². The first-order chi connectivity index (χ1) is 15.6. The van der Waals surface area contributed by atoms with Gasteiger partial charge in [0.2, 0.25) is 5.88 Å². The molecule has 1 unspecified atom stereocenters. The van der Waals surface area contributed by atoms with E-state index in [1.54, 1.807) is 17.3 Å². The maximum Gasteiger partial charge on any atom is 0.412 e. The van der Waals surface area contributed by atoms with Crippen molar-refractivity contribution in [1.29, 1.82) is 0 Å². The third-order valence-corrected chi connectivity index (χ3v) is 6.23. The van der Waals surface area contributed by atoms with Crippen molar-refractivity contribution < 1.29 is 23.7 Å². The highest BCUT2D eigenvalue weighted by molar-refractivity contribution is 5.68. The topological polar surface area (TPSA) is 86.2 Å². The van der Waals surface area contributed by atoms with Crippen LogP contribution in [0.3, 0.4) is 0 Å². The van der Waals surface area contributed by atoms with Gasteiger partial charge in [-0.15, -0.1) is 0 Å². The van der Waals surface area contributed by atoms with E-state index in [1.165, 1.54) is 0 Å². The number of piperidine rings is 1. The quantitative estimate of drug-likeness (QED) is 0.655. The molecule has 1 saturated carbocycles. The molecule has 0 aromatic carbocycles. The zero-order chi connectivity index (χ0) is 22.3. The van der Waals surface area contributed by atoms with Gasteiger partial charge in [0.1, 0.15) is 18.1 Å². The van der Waals surface area contributed by atoms with E-state index in [9.17, 15) is 4.79 Å². The Morgan fingerprint density at radius 1 is 1.00 bits per heavy atom. The molecule has 3 aliphatic rings. The lowest BCUT2D eigenvalue weighted by molar-refractivity contribution is -0.122. The Bertz CT molecular complexity index is 718. The number of hydrogen-bond donors (Lipinski definition) is 0. The maximum absolute atomic E-state index is 12.4. The second-order valence-electron chi connectivity index (χ2n) is 9.04. The molecule has 178 valence electrons. The average molecular weight is 449 g/mol. The van der Waals surface area contributed by atoms with Crippen molar-refractivity contribution >= 4 is 11.9 Å². The molecule has 1 atom stereocenters. The van der Waals surface area contributed by atoms with Crippen LogP contribution in [0.25, 0.3) is 0 Å². The summed E-state index contributed by atoms with van der Waals surface area (Å²) in [5, 5.41) is 0. The van der Waals surface area contributed by atoms with E-state index in [0.717, 1.165) is 77.1 Å². The number of morpholine rings is 1. The largest absolute Gasteiger partial charge is 0.473 e.